The highest BCUT2D eigenvalue weighted by Gasteiger charge is 2.15. The molecule has 0 aliphatic rings. The number of fused-ring (bicyclic) bond motifs is 2. The third-order valence-electron chi connectivity index (χ3n) is 3.45. The first-order valence-electron chi connectivity index (χ1n) is 6.42. The second-order valence-corrected chi connectivity index (χ2v) is 4.70. The lowest BCUT2D eigenvalue weighted by atomic mass is 10.2. The van der Waals surface area contributed by atoms with E-state index in [1.165, 1.54) is 0 Å². The molecule has 3 nitrogen and oxygen atoms in total. The van der Waals surface area contributed by atoms with Crippen LogP contribution in [0.15, 0.2) is 71.3 Å². The molecule has 2 aromatic heterocycles. The Bertz CT molecular complexity index is 897. The zero-order valence-corrected chi connectivity index (χ0v) is 10.6. The topological polar surface area (TPSA) is 35.1 Å². The van der Waals surface area contributed by atoms with E-state index in [0.717, 1.165) is 21.9 Å². The minimum absolute atomic E-state index is 0.151. The molecule has 20 heavy (non-hydrogen) atoms. The number of para-hydroxylation sites is 2. The van der Waals surface area contributed by atoms with Crippen LogP contribution in [-0.2, 0) is 0 Å². The van der Waals surface area contributed by atoms with Gasteiger partial charge in [-0.15, -0.1) is 0 Å². The quantitative estimate of drug-likeness (QED) is 0.517. The Morgan fingerprint density at radius 3 is 2.50 bits per heavy atom. The van der Waals surface area contributed by atoms with Crippen LogP contribution in [-0.4, -0.2) is 10.5 Å². The van der Waals surface area contributed by atoms with Crippen LogP contribution in [0.1, 0.15) is 10.6 Å². The first kappa shape index (κ1) is 11.1. The summed E-state index contributed by atoms with van der Waals surface area (Å²) >= 11 is 0. The Hall–Kier alpha value is -2.81. The van der Waals surface area contributed by atoms with Crippen molar-refractivity contribution in [2.24, 2.45) is 0 Å². The summed E-state index contributed by atoms with van der Waals surface area (Å²) in [5.41, 5.74) is 1.62. The van der Waals surface area contributed by atoms with E-state index >= 15 is 0 Å². The maximum atomic E-state index is 12.6. The minimum atomic E-state index is -0.151. The molecule has 0 bridgehead atoms. The monoisotopic (exact) mass is 261 g/mol. The molecule has 0 N–H and O–H groups in total. The highest BCUT2D eigenvalue weighted by Crippen LogP contribution is 2.22. The van der Waals surface area contributed by atoms with Gasteiger partial charge in [0.15, 0.2) is 5.76 Å². The molecule has 0 aliphatic heterocycles. The van der Waals surface area contributed by atoms with Gasteiger partial charge in [-0.2, -0.15) is 0 Å². The van der Waals surface area contributed by atoms with E-state index in [4.69, 9.17) is 4.42 Å². The average molecular weight is 261 g/mol. The highest BCUT2D eigenvalue weighted by molar-refractivity contribution is 6.02. The summed E-state index contributed by atoms with van der Waals surface area (Å²) in [4.78, 5) is 12.6. The lowest BCUT2D eigenvalue weighted by Gasteiger charge is -2.00. The Morgan fingerprint density at radius 1 is 0.900 bits per heavy atom. The van der Waals surface area contributed by atoms with Crippen LogP contribution < -0.4 is 0 Å². The van der Waals surface area contributed by atoms with E-state index in [2.05, 4.69) is 0 Å². The molecule has 4 rings (SSSR count). The summed E-state index contributed by atoms with van der Waals surface area (Å²) in [7, 11) is 0. The number of aromatic nitrogens is 1. The Morgan fingerprint density at radius 2 is 1.65 bits per heavy atom. The van der Waals surface area contributed by atoms with Gasteiger partial charge in [0.1, 0.15) is 5.58 Å². The molecule has 0 fully saturated rings. The number of furan rings is 1. The fraction of sp³-hybridized carbons (Fsp3) is 0. The van der Waals surface area contributed by atoms with Gasteiger partial charge < -0.3 is 4.42 Å². The number of carbonyl (C=O) groups excluding carboxylic acids is 1. The molecule has 0 atom stereocenters. The fourth-order valence-corrected chi connectivity index (χ4v) is 2.47. The predicted molar refractivity (Wildman–Crippen MR) is 77.9 cm³/mol. The van der Waals surface area contributed by atoms with E-state index < -0.39 is 0 Å². The van der Waals surface area contributed by atoms with Crippen molar-refractivity contribution in [3.8, 4) is 0 Å². The number of rotatable bonds is 1. The van der Waals surface area contributed by atoms with Gasteiger partial charge in [-0.1, -0.05) is 36.4 Å². The zero-order valence-electron chi connectivity index (χ0n) is 10.6. The van der Waals surface area contributed by atoms with Crippen molar-refractivity contribution in [2.45, 2.75) is 0 Å². The van der Waals surface area contributed by atoms with Crippen molar-refractivity contribution in [1.82, 2.24) is 4.57 Å². The van der Waals surface area contributed by atoms with Crippen LogP contribution in [0.3, 0.4) is 0 Å². The molecule has 96 valence electrons. The first-order chi connectivity index (χ1) is 9.83. The normalized spacial score (nSPS) is 11.2. The number of carbonyl (C=O) groups is 1. The van der Waals surface area contributed by atoms with E-state index in [1.807, 2.05) is 54.6 Å². The fourth-order valence-electron chi connectivity index (χ4n) is 2.47. The molecule has 0 amide bonds. The molecular formula is C17H11NO2. The van der Waals surface area contributed by atoms with Crippen molar-refractivity contribution in [1.29, 1.82) is 0 Å². The number of hydrogen-bond donors (Lipinski definition) is 0. The van der Waals surface area contributed by atoms with Crippen molar-refractivity contribution in [3.05, 3.63) is 72.6 Å². The summed E-state index contributed by atoms with van der Waals surface area (Å²) < 4.78 is 7.25. The van der Waals surface area contributed by atoms with Crippen molar-refractivity contribution < 1.29 is 9.21 Å². The zero-order chi connectivity index (χ0) is 13.5. The van der Waals surface area contributed by atoms with Gasteiger partial charge in [0, 0.05) is 17.0 Å². The first-order valence-corrected chi connectivity index (χ1v) is 6.42. The Kier molecular flexibility index (Phi) is 2.27. The van der Waals surface area contributed by atoms with Crippen LogP contribution in [0, 0.1) is 0 Å². The van der Waals surface area contributed by atoms with Gasteiger partial charge in [0.25, 0.3) is 5.91 Å². The summed E-state index contributed by atoms with van der Waals surface area (Å²) in [6.07, 6.45) is 1.78. The SMILES string of the molecule is O=C(c1cc2ccccc2o1)n1ccc2ccccc21. The van der Waals surface area contributed by atoms with Gasteiger partial charge in [-0.05, 0) is 24.3 Å². The third kappa shape index (κ3) is 1.57. The van der Waals surface area contributed by atoms with E-state index in [9.17, 15) is 4.79 Å². The van der Waals surface area contributed by atoms with Gasteiger partial charge in [0.2, 0.25) is 0 Å². The van der Waals surface area contributed by atoms with E-state index in [1.54, 1.807) is 16.8 Å². The number of hydrogen-bond acceptors (Lipinski definition) is 2. The number of nitrogens with zero attached hydrogens (tertiary/aromatic N) is 1. The molecule has 0 unspecified atom stereocenters. The van der Waals surface area contributed by atoms with Gasteiger partial charge in [-0.3, -0.25) is 9.36 Å². The predicted octanol–water partition coefficient (Wildman–Crippen LogP) is 4.08. The van der Waals surface area contributed by atoms with Gasteiger partial charge in [-0.25, -0.2) is 0 Å². The second kappa shape index (κ2) is 4.10. The molecule has 0 radical (unpaired) electrons. The summed E-state index contributed by atoms with van der Waals surface area (Å²) in [5, 5.41) is 1.98. The summed E-state index contributed by atoms with van der Waals surface area (Å²) in [6, 6.07) is 19.1. The Balaban J connectivity index is 1.87. The molecule has 2 heterocycles. The number of benzene rings is 2. The molecular weight excluding hydrogens is 250 g/mol. The maximum absolute atomic E-state index is 12.6. The molecule has 0 aliphatic carbocycles. The smallest absolute Gasteiger partial charge is 0.298 e. The Labute approximate surface area is 115 Å². The van der Waals surface area contributed by atoms with Crippen LogP contribution in [0.5, 0.6) is 0 Å². The van der Waals surface area contributed by atoms with Gasteiger partial charge >= 0.3 is 0 Å². The maximum Gasteiger partial charge on any atom is 0.298 e. The molecule has 0 saturated heterocycles. The summed E-state index contributed by atoms with van der Waals surface area (Å²) in [6.45, 7) is 0. The lowest BCUT2D eigenvalue weighted by molar-refractivity contribution is 0.0940. The minimum Gasteiger partial charge on any atom is -0.451 e. The van der Waals surface area contributed by atoms with Crippen molar-refractivity contribution in [2.75, 3.05) is 0 Å². The molecule has 2 aromatic carbocycles. The molecule has 0 saturated carbocycles. The van der Waals surface area contributed by atoms with E-state index in [-0.39, 0.29) is 5.91 Å². The van der Waals surface area contributed by atoms with Gasteiger partial charge in [0.05, 0.1) is 5.52 Å². The van der Waals surface area contributed by atoms with Crippen LogP contribution >= 0.6 is 0 Å². The average Bonchev–Trinajstić information content (AvgIpc) is 3.10. The standard InChI is InChI=1S/C17H11NO2/c19-17(16-11-13-6-2-4-8-15(13)20-16)18-10-9-12-5-1-3-7-14(12)18/h1-11H. The highest BCUT2D eigenvalue weighted by atomic mass is 16.3. The van der Waals surface area contributed by atoms with Crippen molar-refractivity contribution in [3.63, 3.8) is 0 Å². The molecule has 0 spiro atoms. The van der Waals surface area contributed by atoms with Crippen LogP contribution in [0.2, 0.25) is 0 Å². The summed E-state index contributed by atoms with van der Waals surface area (Å²) in [5.74, 6) is 0.204. The van der Waals surface area contributed by atoms with E-state index in [0.29, 0.717) is 5.76 Å². The van der Waals surface area contributed by atoms with Crippen LogP contribution in [0.25, 0.3) is 21.9 Å². The van der Waals surface area contributed by atoms with Crippen molar-refractivity contribution >= 4 is 27.8 Å². The molecule has 4 aromatic rings. The van der Waals surface area contributed by atoms with Crippen LogP contribution in [0.4, 0.5) is 0 Å². The third-order valence-corrected chi connectivity index (χ3v) is 3.45. The second-order valence-electron chi connectivity index (χ2n) is 4.70. The lowest BCUT2D eigenvalue weighted by Crippen LogP contribution is -2.09. The largest absolute Gasteiger partial charge is 0.451 e. The molecule has 3 heteroatoms.